The van der Waals surface area contributed by atoms with Crippen LogP contribution in [0.15, 0.2) is 108 Å². The minimum absolute atomic E-state index is 0.0326. The van der Waals surface area contributed by atoms with E-state index in [1.807, 2.05) is 90.7 Å². The number of nitrogens with one attached hydrogen (secondary N) is 3. The summed E-state index contributed by atoms with van der Waals surface area (Å²) in [5.41, 5.74) is 3.96. The molecule has 304 valence electrons. The highest BCUT2D eigenvalue weighted by molar-refractivity contribution is 5.94. The number of carbonyl (C=O) groups is 2. The number of aliphatic hydroxyl groups is 1. The highest BCUT2D eigenvalue weighted by Gasteiger charge is 2.37. The molecule has 0 radical (unpaired) electrons. The first-order valence-corrected chi connectivity index (χ1v) is 20.3. The molecule has 5 aromatic rings. The molecule has 2 bridgehead atoms. The number of nitrogens with zero attached hydrogens (tertiary/aromatic N) is 2. The summed E-state index contributed by atoms with van der Waals surface area (Å²) in [6, 6.07) is 30.8. The number of pyridine rings is 1. The lowest BCUT2D eigenvalue weighted by Gasteiger charge is -2.43. The number of rotatable bonds is 17. The van der Waals surface area contributed by atoms with Gasteiger partial charge < -0.3 is 40.2 Å². The largest absolute Gasteiger partial charge is 0.506 e. The molecule has 3 aliphatic heterocycles. The molecule has 4 heterocycles. The molecule has 3 atom stereocenters. The van der Waals surface area contributed by atoms with Gasteiger partial charge in [0.2, 0.25) is 5.56 Å². The smallest absolute Gasteiger partial charge is 0.408 e. The van der Waals surface area contributed by atoms with Crippen LogP contribution in [0.4, 0.5) is 4.79 Å². The van der Waals surface area contributed by atoms with Gasteiger partial charge in [-0.1, -0.05) is 60.7 Å². The molecule has 12 nitrogen and oxygen atoms in total. The number of carbonyl (C=O) groups excluding carboxylic acids is 2. The van der Waals surface area contributed by atoms with Gasteiger partial charge in [0, 0.05) is 43.2 Å². The third-order valence-electron chi connectivity index (χ3n) is 11.4. The summed E-state index contributed by atoms with van der Waals surface area (Å²) in [4.78, 5) is 45.2. The molecular weight excluding hydrogens is 735 g/mol. The molecule has 3 saturated heterocycles. The van der Waals surface area contributed by atoms with Gasteiger partial charge >= 0.3 is 6.09 Å². The standard InChI is InChI=1S/C46H53N5O7/c1-2-51(24-7-6-23-47-28-40(53)37-17-19-39(52)44-38(37)18-20-42(54)48-44)45(55)34-15-13-31(14-16-34)30-57-36-12-8-11-35(27-36)43(33-9-4-3-5-10-33)49-46(56)58-41-29-50-25-21-32(41)22-26-50/h3-5,8-20,27,32,40-41,43,47,52-53H,2,6-7,21-26,28-30H2,1H3,(H,48,54)(H,49,56)/t40-,41-,43?/m0/s1. The Morgan fingerprint density at radius 1 is 0.931 bits per heavy atom. The highest BCUT2D eigenvalue weighted by Crippen LogP contribution is 2.31. The Hall–Kier alpha value is -5.69. The molecule has 2 amide bonds. The van der Waals surface area contributed by atoms with Crippen LogP contribution in [0.3, 0.4) is 0 Å². The number of ether oxygens (including phenoxy) is 2. The normalized spacial score (nSPS) is 18.3. The number of hydrogen-bond donors (Lipinski definition) is 5. The molecule has 1 aromatic heterocycles. The zero-order chi connectivity index (χ0) is 40.4. The van der Waals surface area contributed by atoms with Crippen LogP contribution in [0.5, 0.6) is 11.5 Å². The van der Waals surface area contributed by atoms with E-state index in [0.29, 0.717) is 66.5 Å². The topological polar surface area (TPSA) is 156 Å². The van der Waals surface area contributed by atoms with Gasteiger partial charge in [-0.25, -0.2) is 4.79 Å². The number of hydrogen-bond acceptors (Lipinski definition) is 9. The monoisotopic (exact) mass is 787 g/mol. The van der Waals surface area contributed by atoms with Crippen LogP contribution in [0.1, 0.15) is 77.4 Å². The van der Waals surface area contributed by atoms with E-state index < -0.39 is 18.2 Å². The number of aliphatic hydroxyl groups excluding tert-OH is 1. The van der Waals surface area contributed by atoms with Crippen molar-refractivity contribution >= 4 is 22.9 Å². The Kier molecular flexibility index (Phi) is 13.4. The number of unbranched alkanes of at least 4 members (excludes halogenated alkanes) is 1. The van der Waals surface area contributed by atoms with Crippen LogP contribution >= 0.6 is 0 Å². The molecule has 3 fully saturated rings. The Morgan fingerprint density at radius 2 is 1.71 bits per heavy atom. The van der Waals surface area contributed by atoms with Crippen molar-refractivity contribution in [1.82, 2.24) is 25.4 Å². The molecule has 0 aliphatic carbocycles. The molecule has 1 unspecified atom stereocenters. The molecule has 8 rings (SSSR count). The summed E-state index contributed by atoms with van der Waals surface area (Å²) in [6.45, 7) is 7.38. The van der Waals surface area contributed by atoms with E-state index in [9.17, 15) is 24.6 Å². The van der Waals surface area contributed by atoms with Crippen molar-refractivity contribution in [1.29, 1.82) is 0 Å². The van der Waals surface area contributed by atoms with Crippen molar-refractivity contribution in [3.8, 4) is 11.5 Å². The molecule has 0 saturated carbocycles. The predicted molar refractivity (Wildman–Crippen MR) is 223 cm³/mol. The van der Waals surface area contributed by atoms with E-state index in [2.05, 4.69) is 20.5 Å². The van der Waals surface area contributed by atoms with Gasteiger partial charge in [0.1, 0.15) is 24.2 Å². The summed E-state index contributed by atoms with van der Waals surface area (Å²) < 4.78 is 12.2. The molecule has 0 spiro atoms. The van der Waals surface area contributed by atoms with Crippen molar-refractivity contribution in [2.24, 2.45) is 5.92 Å². The second kappa shape index (κ2) is 19.2. The Balaban J connectivity index is 0.874. The SMILES string of the molecule is CCN(CCCCNC[C@H](O)c1ccc(O)c2[nH]c(=O)ccc12)C(=O)c1ccc(COc2cccc(C(NC(=O)O[C@H]3CN4CCC3CC4)c3ccccc3)c2)cc1. The Labute approximate surface area is 338 Å². The van der Waals surface area contributed by atoms with E-state index >= 15 is 0 Å². The van der Waals surface area contributed by atoms with Crippen molar-refractivity contribution < 1.29 is 29.3 Å². The maximum atomic E-state index is 13.4. The number of H-pyrrole nitrogens is 1. The average molecular weight is 788 g/mol. The fourth-order valence-corrected chi connectivity index (χ4v) is 8.07. The summed E-state index contributed by atoms with van der Waals surface area (Å²) >= 11 is 0. The van der Waals surface area contributed by atoms with E-state index in [-0.39, 0.29) is 23.3 Å². The lowest BCUT2D eigenvalue weighted by Crippen LogP contribution is -2.52. The zero-order valence-corrected chi connectivity index (χ0v) is 32.9. The molecule has 4 aromatic carbocycles. The van der Waals surface area contributed by atoms with Gasteiger partial charge in [0.25, 0.3) is 5.91 Å². The number of aromatic nitrogens is 1. The van der Waals surface area contributed by atoms with Crippen molar-refractivity contribution in [3.63, 3.8) is 0 Å². The van der Waals surface area contributed by atoms with Crippen molar-refractivity contribution in [3.05, 3.63) is 141 Å². The molecule has 5 N–H and O–H groups in total. The lowest BCUT2D eigenvalue weighted by atomic mass is 9.86. The number of phenols is 1. The van der Waals surface area contributed by atoms with Crippen LogP contribution in [0, 0.1) is 5.92 Å². The van der Waals surface area contributed by atoms with Crippen molar-refractivity contribution in [2.75, 3.05) is 45.8 Å². The second-order valence-electron chi connectivity index (χ2n) is 15.2. The maximum absolute atomic E-state index is 13.4. The van der Waals surface area contributed by atoms with Gasteiger partial charge in [-0.2, -0.15) is 0 Å². The average Bonchev–Trinajstić information content (AvgIpc) is 3.25. The van der Waals surface area contributed by atoms with Gasteiger partial charge in [-0.3, -0.25) is 14.5 Å². The van der Waals surface area contributed by atoms with Crippen LogP contribution in [-0.4, -0.2) is 88.9 Å². The predicted octanol–water partition coefficient (Wildman–Crippen LogP) is 6.29. The quantitative estimate of drug-likeness (QED) is 0.0684. The van der Waals surface area contributed by atoms with E-state index in [1.165, 1.54) is 12.1 Å². The summed E-state index contributed by atoms with van der Waals surface area (Å²) in [7, 11) is 0. The van der Waals surface area contributed by atoms with Crippen LogP contribution in [0.25, 0.3) is 10.9 Å². The number of piperidine rings is 3. The van der Waals surface area contributed by atoms with Crippen LogP contribution in [0.2, 0.25) is 0 Å². The number of fused-ring (bicyclic) bond motifs is 4. The van der Waals surface area contributed by atoms with Gasteiger partial charge in [-0.15, -0.1) is 0 Å². The number of phenolic OH excluding ortho intramolecular Hbond substituents is 1. The second-order valence-corrected chi connectivity index (χ2v) is 15.2. The first kappa shape index (κ1) is 40.5. The van der Waals surface area contributed by atoms with E-state index in [1.54, 1.807) is 12.1 Å². The molecular formula is C46H53N5O7. The first-order valence-electron chi connectivity index (χ1n) is 20.3. The lowest BCUT2D eigenvalue weighted by molar-refractivity contribution is -0.0336. The molecule has 12 heteroatoms. The van der Waals surface area contributed by atoms with E-state index in [0.717, 1.165) is 62.0 Å². The molecule has 58 heavy (non-hydrogen) atoms. The fraction of sp³-hybridized carbons (Fsp3) is 0.370. The summed E-state index contributed by atoms with van der Waals surface area (Å²) in [5, 5.41) is 27.9. The third-order valence-corrected chi connectivity index (χ3v) is 11.4. The van der Waals surface area contributed by atoms with Crippen LogP contribution in [-0.2, 0) is 11.3 Å². The number of amides is 2. The van der Waals surface area contributed by atoms with Crippen LogP contribution < -0.4 is 20.9 Å². The third kappa shape index (κ3) is 10.1. The minimum atomic E-state index is -0.827. The highest BCUT2D eigenvalue weighted by atomic mass is 16.6. The van der Waals surface area contributed by atoms with Crippen molar-refractivity contribution in [2.45, 2.75) is 57.5 Å². The number of benzene rings is 4. The summed E-state index contributed by atoms with van der Waals surface area (Å²) in [5.74, 6) is 1.01. The number of aromatic hydroxyl groups is 1. The molecule has 3 aliphatic rings. The van der Waals surface area contributed by atoms with Gasteiger partial charge in [0.05, 0.1) is 17.7 Å². The number of alkyl carbamates (subject to hydrolysis) is 1. The Bertz CT molecular complexity index is 2200. The minimum Gasteiger partial charge on any atom is -0.506 e. The maximum Gasteiger partial charge on any atom is 0.408 e. The van der Waals surface area contributed by atoms with Gasteiger partial charge in [0.15, 0.2) is 0 Å². The number of aromatic amines is 1. The van der Waals surface area contributed by atoms with E-state index in [4.69, 9.17) is 9.47 Å². The Morgan fingerprint density at radius 3 is 2.45 bits per heavy atom. The summed E-state index contributed by atoms with van der Waals surface area (Å²) in [6.07, 6.45) is 2.41. The fourth-order valence-electron chi connectivity index (χ4n) is 8.07. The zero-order valence-electron chi connectivity index (χ0n) is 32.9. The first-order chi connectivity index (χ1) is 28.2. The van der Waals surface area contributed by atoms with Gasteiger partial charge in [-0.05, 0) is 117 Å².